The molecule has 4 rings (SSSR count). The largest absolute Gasteiger partial charge is 0.508 e. The summed E-state index contributed by atoms with van der Waals surface area (Å²) in [6.45, 7) is 3.15. The average Bonchev–Trinajstić information content (AvgIpc) is 1.61. The summed E-state index contributed by atoms with van der Waals surface area (Å²) in [4.78, 5) is 304. The van der Waals surface area contributed by atoms with Gasteiger partial charge in [0.2, 0.25) is 124 Å². The van der Waals surface area contributed by atoms with Gasteiger partial charge in [0.1, 0.15) is 120 Å². The lowest BCUT2D eigenvalue weighted by molar-refractivity contribution is -0.143. The van der Waals surface area contributed by atoms with Crippen molar-refractivity contribution >= 4 is 177 Å². The fourth-order valence-corrected chi connectivity index (χ4v) is 15.4. The first kappa shape index (κ1) is 128. The van der Waals surface area contributed by atoms with Crippen LogP contribution in [0.15, 0.2) is 79.0 Å². The number of aliphatic hydroxyl groups is 7. The molecule has 3 aromatic carbocycles. The van der Waals surface area contributed by atoms with Crippen LogP contribution in [0.5, 0.6) is 11.5 Å². The highest BCUT2D eigenvalue weighted by Gasteiger charge is 2.42. The van der Waals surface area contributed by atoms with Crippen LogP contribution in [0, 0.1) is 11.8 Å². The number of thioether (sulfide) groups is 2. The van der Waals surface area contributed by atoms with Crippen LogP contribution in [0.2, 0.25) is 0 Å². The first-order valence-corrected chi connectivity index (χ1v) is 50.5. The average molecular weight is 2170 g/mol. The minimum Gasteiger partial charge on any atom is -0.508 e. The molecule has 0 saturated carbocycles. The summed E-state index contributed by atoms with van der Waals surface area (Å²) < 4.78 is 0. The second-order valence-corrected chi connectivity index (χ2v) is 37.9. The van der Waals surface area contributed by atoms with E-state index < -0.39 is 353 Å². The number of aromatic amines is 1. The Morgan fingerprint density at radius 1 is 0.333 bits per heavy atom. The zero-order valence-electron chi connectivity index (χ0n) is 83.5. The zero-order valence-corrected chi connectivity index (χ0v) is 86.1. The van der Waals surface area contributed by atoms with E-state index >= 15 is 4.79 Å². The van der Waals surface area contributed by atoms with Crippen molar-refractivity contribution in [3.63, 3.8) is 0 Å². The first-order chi connectivity index (χ1) is 70.7. The third kappa shape index (κ3) is 42.5. The molecule has 830 valence electrons. The maximum absolute atomic E-state index is 15.1. The number of fused-ring (bicyclic) bond motifs is 1. The molecule has 0 aliphatic rings. The number of aliphatic carboxylic acids is 1. The smallest absolute Gasteiger partial charge is 0.326 e. The fraction of sp³-hybridized carbons (Fsp3) is 0.543. The molecule has 0 bridgehead atoms. The van der Waals surface area contributed by atoms with Gasteiger partial charge in [-0.2, -0.15) is 36.2 Å². The summed E-state index contributed by atoms with van der Waals surface area (Å²) >= 11 is 6.51. The molecule has 1 heterocycles. The van der Waals surface area contributed by atoms with E-state index in [1.165, 1.54) is 87.3 Å². The van der Waals surface area contributed by atoms with Crippen molar-refractivity contribution in [3.8, 4) is 11.5 Å². The third-order valence-corrected chi connectivity index (χ3v) is 24.6. The molecule has 58 heteroatoms. The molecule has 1 aromatic heterocycles. The second kappa shape index (κ2) is 64.3. The number of amides is 21. The molecule has 4 aromatic rings. The van der Waals surface area contributed by atoms with E-state index in [-0.39, 0.29) is 52.9 Å². The standard InChI is InChI=1S/C92H137N23O32S3/c1-41(2)70(96)88(142)115-73(45(7)122)90(144)101-55(27-29-150-9)77(131)114-72(44(6)121)91(145)112-66(40-148)87(141)110-61(35-116)82(136)98-43(5)74(128)107-62(36-117)84(138)108-63(37-118)85(139)109-65(39-120)86(140)113-71(42(3)4)89(143)111-64(38-119)83(137)104-58(31-47-16-20-50(124)21-17-47)79(133)100-54(26-28-149-8)76(130)106-60(33-69(95)127)81(135)105-59(32-48-34-97-52-13-11-10-12-51(48)52)80(134)103-57(30-46-14-18-49(123)19-15-46)78(132)99-53(22-24-67(93)125)75(129)102-56(92(146)147)23-25-68(94)126/h10-21,34,41-45,53-66,70-73,97,116-124,148H,22-33,35-40,96H2,1-9H3,(H2,93,125)(H2,94,126)(H2,95,127)(H,98,136)(H,99,132)(H,100,133)(H,101,144)(H,102,129)(H,103,134)(H,104,137)(H,105,135)(H,106,130)(H,107,128)(H,108,138)(H,109,139)(H,110,141)(H,111,143)(H,112,145)(H,113,140)(H,114,131)(H,115,142)(H,146,147)/t43-,44+,45+,53-,54-,55-,56-,57-,58-,59-,60-,61-,62-,63-,64-,65-,66-,70-,71-,72-,73-/m0/s1. The van der Waals surface area contributed by atoms with Gasteiger partial charge >= 0.3 is 5.97 Å². The lowest BCUT2D eigenvalue weighted by Gasteiger charge is -2.28. The number of H-pyrrole nitrogens is 1. The van der Waals surface area contributed by atoms with Gasteiger partial charge < -0.3 is 175 Å². The number of phenols is 2. The van der Waals surface area contributed by atoms with Crippen molar-refractivity contribution in [2.75, 3.05) is 62.8 Å². The van der Waals surface area contributed by atoms with Crippen LogP contribution in [-0.2, 0) is 125 Å². The van der Waals surface area contributed by atoms with Crippen molar-refractivity contribution in [2.24, 2.45) is 34.8 Å². The monoisotopic (exact) mass is 2170 g/mol. The molecule has 21 atom stereocenters. The van der Waals surface area contributed by atoms with E-state index in [2.05, 4.69) is 108 Å². The minimum atomic E-state index is -2.07. The van der Waals surface area contributed by atoms with Gasteiger partial charge in [-0.1, -0.05) is 70.2 Å². The normalized spacial score (nSPS) is 15.4. The number of carbonyl (C=O) groups is 22. The summed E-state index contributed by atoms with van der Waals surface area (Å²) in [6, 6.07) is -16.8. The Hall–Kier alpha value is -14.1. The summed E-state index contributed by atoms with van der Waals surface area (Å²) in [5.74, 6) is -28.2. The molecule has 0 spiro atoms. The predicted molar refractivity (Wildman–Crippen MR) is 541 cm³/mol. The van der Waals surface area contributed by atoms with E-state index in [1.807, 2.05) is 5.32 Å². The van der Waals surface area contributed by atoms with Crippen LogP contribution in [-0.4, -0.2) is 376 Å². The SMILES string of the molecule is CSCC[C@H](NC(=O)[C@H](Cc1ccc(O)cc1)NC(=O)[C@H](CO)NC(=O)[C@@H](NC(=O)[C@H](CO)NC(=O)[C@H](CO)NC(=O)[C@H](CO)NC(=O)[C@H](C)NC(=O)[C@H](CO)NC(=O)[C@H](CS)NC(=O)[C@@H](NC(=O)[C@H](CCSC)NC(=O)[C@@H](NC(=O)[C@@H](N)C(C)C)[C@@H](C)O)[C@@H](C)O)C(C)C)C(=O)N[C@@H](CC(N)=O)C(=O)N[C@@H](Cc1c[nH]c2ccccc12)C(=O)N[C@@H](Cc1ccc(O)cc1)C(=O)N[C@@H](CCC(N)=O)C(=O)N[C@@H](CCC(N)=O)C(=O)O. The summed E-state index contributed by atoms with van der Waals surface area (Å²) in [5, 5.41) is 145. The van der Waals surface area contributed by atoms with Crippen LogP contribution < -0.4 is 119 Å². The van der Waals surface area contributed by atoms with E-state index in [9.17, 15) is 152 Å². The number of thiol groups is 1. The number of hydrogen-bond donors (Lipinski definition) is 34. The Bertz CT molecular complexity index is 5320. The summed E-state index contributed by atoms with van der Waals surface area (Å²) in [7, 11) is 0. The van der Waals surface area contributed by atoms with Crippen LogP contribution in [0.4, 0.5) is 0 Å². The number of hydrogen-bond acceptors (Lipinski definition) is 35. The number of carbonyl (C=O) groups excluding carboxylic acids is 21. The third-order valence-electron chi connectivity index (χ3n) is 22.9. The molecule has 0 unspecified atom stereocenters. The molecule has 55 nitrogen and oxygen atoms in total. The number of aliphatic hydroxyl groups excluding tert-OH is 7. The van der Waals surface area contributed by atoms with Gasteiger partial charge in [0.25, 0.3) is 0 Å². The number of nitrogens with two attached hydrogens (primary N) is 4. The Kier molecular flexibility index (Phi) is 54.9. The number of primary amides is 3. The number of carboxylic acids is 1. The Morgan fingerprint density at radius 2 is 0.633 bits per heavy atom. The van der Waals surface area contributed by atoms with Crippen molar-refractivity contribution < 1.29 is 157 Å². The first-order valence-electron chi connectivity index (χ1n) is 47.1. The molecule has 150 heavy (non-hydrogen) atoms. The van der Waals surface area contributed by atoms with Gasteiger partial charge in [-0.3, -0.25) is 101 Å². The second-order valence-electron chi connectivity index (χ2n) is 35.5. The van der Waals surface area contributed by atoms with E-state index in [4.69, 9.17) is 22.9 Å². The minimum absolute atomic E-state index is 0.0674. The lowest BCUT2D eigenvalue weighted by atomic mass is 10.0. The number of para-hydroxylation sites is 1. The highest BCUT2D eigenvalue weighted by atomic mass is 32.2. The van der Waals surface area contributed by atoms with Gasteiger partial charge in [0.05, 0.1) is 57.7 Å². The summed E-state index contributed by atoms with van der Waals surface area (Å²) in [5.41, 5.74) is 23.6. The maximum atomic E-state index is 15.1. The summed E-state index contributed by atoms with van der Waals surface area (Å²) in [6.07, 6.45) is -3.22. The molecule has 0 saturated heterocycles. The lowest BCUT2D eigenvalue weighted by Crippen LogP contribution is -2.63. The topological polar surface area (TPSA) is 914 Å². The number of phenolic OH excluding ortho intramolecular Hbond substituents is 2. The Morgan fingerprint density at radius 3 is 1.02 bits per heavy atom. The van der Waals surface area contributed by atoms with E-state index in [0.29, 0.717) is 16.5 Å². The molecular weight excluding hydrogens is 2040 g/mol. The Balaban J connectivity index is 1.51. The van der Waals surface area contributed by atoms with Crippen LogP contribution in [0.1, 0.15) is 110 Å². The molecule has 21 amide bonds. The van der Waals surface area contributed by atoms with Crippen molar-refractivity contribution in [3.05, 3.63) is 95.7 Å². The van der Waals surface area contributed by atoms with Gasteiger partial charge in [0.15, 0.2) is 0 Å². The Labute approximate surface area is 874 Å². The quantitative estimate of drug-likeness (QED) is 0.0183. The molecule has 0 fully saturated rings. The maximum Gasteiger partial charge on any atom is 0.326 e. The van der Waals surface area contributed by atoms with Crippen molar-refractivity contribution in [1.29, 1.82) is 0 Å². The number of aromatic hydroxyl groups is 2. The van der Waals surface area contributed by atoms with Crippen LogP contribution in [0.25, 0.3) is 10.9 Å². The zero-order chi connectivity index (χ0) is 113. The number of carboxylic acid groups (broad SMARTS) is 1. The molecule has 0 aliphatic heterocycles. The van der Waals surface area contributed by atoms with E-state index in [0.717, 1.165) is 25.6 Å². The highest BCUT2D eigenvalue weighted by molar-refractivity contribution is 7.98. The van der Waals surface area contributed by atoms with E-state index in [1.54, 1.807) is 50.6 Å². The van der Waals surface area contributed by atoms with Crippen molar-refractivity contribution in [2.45, 2.75) is 240 Å². The number of benzene rings is 3. The number of rotatable bonds is 67. The number of nitrogens with one attached hydrogen (secondary N) is 19. The number of aromatic nitrogens is 1. The van der Waals surface area contributed by atoms with Crippen LogP contribution in [0.3, 0.4) is 0 Å². The molecule has 0 radical (unpaired) electrons. The van der Waals surface area contributed by atoms with Gasteiger partial charge in [-0.15, -0.1) is 0 Å². The van der Waals surface area contributed by atoms with Crippen molar-refractivity contribution in [1.82, 2.24) is 101 Å². The van der Waals surface area contributed by atoms with Gasteiger partial charge in [-0.25, -0.2) is 4.79 Å². The van der Waals surface area contributed by atoms with Gasteiger partial charge in [0, 0.05) is 55.0 Å². The van der Waals surface area contributed by atoms with Crippen LogP contribution >= 0.6 is 36.2 Å². The molecule has 37 N–H and O–H groups in total. The molecular formula is C92H137N23O32S3. The fourth-order valence-electron chi connectivity index (χ4n) is 14.2. The highest BCUT2D eigenvalue weighted by Crippen LogP contribution is 2.22. The van der Waals surface area contributed by atoms with Gasteiger partial charge in [-0.05, 0) is 129 Å². The predicted octanol–water partition coefficient (Wildman–Crippen LogP) is -12.4. The molecule has 0 aliphatic carbocycles.